The first-order chi connectivity index (χ1) is 13.7. The Balaban J connectivity index is 2.14. The molecule has 2 N–H and O–H groups in total. The normalized spacial score (nSPS) is 13.7. The van der Waals surface area contributed by atoms with Gasteiger partial charge in [0.25, 0.3) is 0 Å². The Morgan fingerprint density at radius 3 is 2.14 bits per heavy atom. The third kappa shape index (κ3) is 7.20. The summed E-state index contributed by atoms with van der Waals surface area (Å²) < 4.78 is 23.0. The lowest BCUT2D eigenvalue weighted by Crippen LogP contribution is -2.42. The number of nitrogens with zero attached hydrogens (tertiary/aromatic N) is 1. The van der Waals surface area contributed by atoms with E-state index in [0.29, 0.717) is 19.0 Å². The number of sulfone groups is 1. The second-order valence-corrected chi connectivity index (χ2v) is 10.6. The van der Waals surface area contributed by atoms with Crippen molar-refractivity contribution in [3.05, 3.63) is 71.8 Å². The molecule has 1 unspecified atom stereocenters. The fourth-order valence-electron chi connectivity index (χ4n) is 2.88. The molecule has 0 aliphatic carbocycles. The van der Waals surface area contributed by atoms with E-state index in [1.165, 1.54) is 17.4 Å². The molecule has 5 nitrogen and oxygen atoms in total. The molecule has 1 atom stereocenters. The minimum atomic E-state index is -3.19. The van der Waals surface area contributed by atoms with Crippen LogP contribution in [0.4, 0.5) is 0 Å². The number of aliphatic imine (C=N–C) groups is 1. The van der Waals surface area contributed by atoms with Crippen LogP contribution in [0.3, 0.4) is 0 Å². The maximum atomic E-state index is 12.0. The van der Waals surface area contributed by atoms with E-state index in [2.05, 4.69) is 64.2 Å². The van der Waals surface area contributed by atoms with Gasteiger partial charge >= 0.3 is 0 Å². The number of hydrogen-bond donors (Lipinski definition) is 2. The van der Waals surface area contributed by atoms with Crippen LogP contribution in [-0.2, 0) is 16.3 Å². The van der Waals surface area contributed by atoms with Crippen LogP contribution in [0.1, 0.15) is 37.8 Å². The summed E-state index contributed by atoms with van der Waals surface area (Å²) in [7, 11) is -3.19. The topological polar surface area (TPSA) is 70.6 Å². The maximum Gasteiger partial charge on any atom is 0.191 e. The van der Waals surface area contributed by atoms with Gasteiger partial charge in [0.15, 0.2) is 15.8 Å². The van der Waals surface area contributed by atoms with Crippen LogP contribution in [-0.4, -0.2) is 45.0 Å². The van der Waals surface area contributed by atoms with Crippen molar-refractivity contribution < 1.29 is 8.42 Å². The standard InChI is InChI=1S/C23H33N3O2S/c1-5-24-22(26-18-23(2,3)29(4,27)28)25-17-21(20-14-10-7-11-15-20)16-19-12-8-6-9-13-19/h6-15,21H,5,16-18H2,1-4H3,(H2,24,25,26). The second kappa shape index (κ2) is 10.4. The first kappa shape index (κ1) is 22.9. The van der Waals surface area contributed by atoms with Gasteiger partial charge in [-0.25, -0.2) is 8.42 Å². The minimum Gasteiger partial charge on any atom is -0.357 e. The minimum absolute atomic E-state index is 0.204. The number of nitrogens with one attached hydrogen (secondary N) is 2. The molecule has 0 heterocycles. The lowest BCUT2D eigenvalue weighted by molar-refractivity contribution is 0.554. The predicted octanol–water partition coefficient (Wildman–Crippen LogP) is 3.39. The quantitative estimate of drug-likeness (QED) is 0.486. The van der Waals surface area contributed by atoms with Gasteiger partial charge in [-0.15, -0.1) is 0 Å². The fraction of sp³-hybridized carbons (Fsp3) is 0.435. The molecule has 158 valence electrons. The van der Waals surface area contributed by atoms with E-state index in [1.54, 1.807) is 13.8 Å². The van der Waals surface area contributed by atoms with Gasteiger partial charge in [-0.2, -0.15) is 0 Å². The Morgan fingerprint density at radius 1 is 1.00 bits per heavy atom. The summed E-state index contributed by atoms with van der Waals surface area (Å²) in [5.41, 5.74) is 2.54. The largest absolute Gasteiger partial charge is 0.357 e. The van der Waals surface area contributed by atoms with Crippen molar-refractivity contribution in [1.29, 1.82) is 0 Å². The van der Waals surface area contributed by atoms with Crippen LogP contribution < -0.4 is 10.6 Å². The van der Waals surface area contributed by atoms with Gasteiger partial charge in [0, 0.05) is 25.3 Å². The highest BCUT2D eigenvalue weighted by Gasteiger charge is 2.30. The number of benzene rings is 2. The number of guanidine groups is 1. The summed E-state index contributed by atoms with van der Waals surface area (Å²) in [6.07, 6.45) is 2.17. The van der Waals surface area contributed by atoms with E-state index in [1.807, 2.05) is 19.1 Å². The van der Waals surface area contributed by atoms with Gasteiger partial charge < -0.3 is 10.6 Å². The zero-order valence-electron chi connectivity index (χ0n) is 17.9. The molecule has 0 aliphatic rings. The monoisotopic (exact) mass is 415 g/mol. The molecule has 2 aromatic rings. The molecule has 0 radical (unpaired) electrons. The lowest BCUT2D eigenvalue weighted by Gasteiger charge is -2.23. The third-order valence-corrected chi connectivity index (χ3v) is 7.21. The van der Waals surface area contributed by atoms with Gasteiger partial charge in [0.05, 0.1) is 11.3 Å². The smallest absolute Gasteiger partial charge is 0.191 e. The van der Waals surface area contributed by atoms with E-state index in [9.17, 15) is 8.42 Å². The molecule has 0 aromatic heterocycles. The van der Waals surface area contributed by atoms with Gasteiger partial charge in [-0.1, -0.05) is 60.7 Å². The van der Waals surface area contributed by atoms with E-state index < -0.39 is 14.6 Å². The Labute approximate surface area is 175 Å². The molecule has 0 aliphatic heterocycles. The van der Waals surface area contributed by atoms with E-state index in [0.717, 1.165) is 6.42 Å². The van der Waals surface area contributed by atoms with Crippen molar-refractivity contribution in [2.45, 2.75) is 37.9 Å². The number of rotatable bonds is 9. The summed E-state index contributed by atoms with van der Waals surface area (Å²) in [6.45, 7) is 7.02. The molecular formula is C23H33N3O2S. The summed E-state index contributed by atoms with van der Waals surface area (Å²) in [6, 6.07) is 20.9. The average molecular weight is 416 g/mol. The van der Waals surface area contributed by atoms with Crippen LogP contribution in [0.15, 0.2) is 65.7 Å². The van der Waals surface area contributed by atoms with E-state index in [4.69, 9.17) is 0 Å². The van der Waals surface area contributed by atoms with E-state index in [-0.39, 0.29) is 12.5 Å². The molecule has 2 rings (SSSR count). The summed E-state index contributed by atoms with van der Waals surface area (Å²) in [5, 5.41) is 6.63. The van der Waals surface area contributed by atoms with Crippen molar-refractivity contribution in [3.63, 3.8) is 0 Å². The zero-order chi connectivity index (χ0) is 21.3. The molecule has 0 amide bonds. The molecular weight excluding hydrogens is 382 g/mol. The fourth-order valence-corrected chi connectivity index (χ4v) is 3.18. The van der Waals surface area contributed by atoms with Crippen LogP contribution in [0.25, 0.3) is 0 Å². The van der Waals surface area contributed by atoms with Crippen LogP contribution in [0, 0.1) is 0 Å². The highest BCUT2D eigenvalue weighted by Crippen LogP contribution is 2.20. The van der Waals surface area contributed by atoms with Crippen LogP contribution >= 0.6 is 0 Å². The molecule has 0 fully saturated rings. The summed E-state index contributed by atoms with van der Waals surface area (Å²) in [5.74, 6) is 0.906. The van der Waals surface area contributed by atoms with Gasteiger partial charge in [-0.05, 0) is 38.3 Å². The molecule has 29 heavy (non-hydrogen) atoms. The summed E-state index contributed by atoms with van der Waals surface area (Å²) >= 11 is 0. The molecule has 0 saturated heterocycles. The Bertz CT molecular complexity index is 879. The highest BCUT2D eigenvalue weighted by molar-refractivity contribution is 7.92. The third-order valence-electron chi connectivity index (χ3n) is 5.08. The van der Waals surface area contributed by atoms with Gasteiger partial charge in [0.1, 0.15) is 0 Å². The SMILES string of the molecule is CCNC(=NCC(C)(C)S(C)(=O)=O)NCC(Cc1ccccc1)c1ccccc1. The van der Waals surface area contributed by atoms with Crippen molar-refractivity contribution in [2.75, 3.05) is 25.9 Å². The highest BCUT2D eigenvalue weighted by atomic mass is 32.2. The van der Waals surface area contributed by atoms with Crippen molar-refractivity contribution in [1.82, 2.24) is 10.6 Å². The Hall–Kier alpha value is -2.34. The molecule has 6 heteroatoms. The lowest BCUT2D eigenvalue weighted by atomic mass is 9.92. The Morgan fingerprint density at radius 2 is 1.59 bits per heavy atom. The zero-order valence-corrected chi connectivity index (χ0v) is 18.7. The van der Waals surface area contributed by atoms with E-state index >= 15 is 0 Å². The maximum absolute atomic E-state index is 12.0. The first-order valence-electron chi connectivity index (χ1n) is 10.0. The average Bonchev–Trinajstić information content (AvgIpc) is 2.69. The van der Waals surface area contributed by atoms with Crippen LogP contribution in [0.2, 0.25) is 0 Å². The predicted molar refractivity (Wildman–Crippen MR) is 122 cm³/mol. The van der Waals surface area contributed by atoms with Crippen molar-refractivity contribution in [2.24, 2.45) is 4.99 Å². The van der Waals surface area contributed by atoms with Gasteiger partial charge in [0.2, 0.25) is 0 Å². The number of hydrogen-bond acceptors (Lipinski definition) is 3. The summed E-state index contributed by atoms with van der Waals surface area (Å²) in [4.78, 5) is 4.54. The first-order valence-corrected chi connectivity index (χ1v) is 11.9. The molecule has 0 bridgehead atoms. The molecule has 2 aromatic carbocycles. The Kier molecular flexibility index (Phi) is 8.26. The molecule has 0 saturated carbocycles. The van der Waals surface area contributed by atoms with Crippen LogP contribution in [0.5, 0.6) is 0 Å². The van der Waals surface area contributed by atoms with Crippen molar-refractivity contribution >= 4 is 15.8 Å². The molecule has 0 spiro atoms. The van der Waals surface area contributed by atoms with Crippen molar-refractivity contribution in [3.8, 4) is 0 Å². The second-order valence-electron chi connectivity index (χ2n) is 7.91. The van der Waals surface area contributed by atoms with Gasteiger partial charge in [-0.3, -0.25) is 4.99 Å².